The number of rotatable bonds is 3. The average Bonchev–Trinajstić information content (AvgIpc) is 2.35. The lowest BCUT2D eigenvalue weighted by Crippen LogP contribution is -2.19. The number of halogens is 2. The fourth-order valence-electron chi connectivity index (χ4n) is 1.89. The van der Waals surface area contributed by atoms with E-state index in [1.165, 1.54) is 6.07 Å². The van der Waals surface area contributed by atoms with Gasteiger partial charge in [0.15, 0.2) is 0 Å². The first-order valence-corrected chi connectivity index (χ1v) is 6.46. The zero-order chi connectivity index (χ0) is 13.1. The molecule has 4 heteroatoms. The fraction of sp³-hybridized carbons (Fsp3) is 0.214. The molecule has 1 aromatic carbocycles. The molecule has 0 radical (unpaired) electrons. The first-order chi connectivity index (χ1) is 8.61. The molecule has 2 rings (SSSR count). The van der Waals surface area contributed by atoms with Crippen molar-refractivity contribution >= 4 is 15.9 Å². The third kappa shape index (κ3) is 2.76. The molecule has 18 heavy (non-hydrogen) atoms. The van der Waals surface area contributed by atoms with E-state index in [9.17, 15) is 4.39 Å². The van der Waals surface area contributed by atoms with Crippen LogP contribution in [0.1, 0.15) is 22.9 Å². The van der Waals surface area contributed by atoms with Crippen molar-refractivity contribution in [2.75, 3.05) is 7.05 Å². The van der Waals surface area contributed by atoms with Gasteiger partial charge in [-0.3, -0.25) is 4.98 Å². The van der Waals surface area contributed by atoms with E-state index in [1.54, 1.807) is 12.3 Å². The summed E-state index contributed by atoms with van der Waals surface area (Å²) in [6, 6.07) is 8.79. The molecular formula is C14H14BrFN2. The van der Waals surface area contributed by atoms with Gasteiger partial charge in [0.05, 0.1) is 6.04 Å². The number of hydrogen-bond donors (Lipinski definition) is 1. The van der Waals surface area contributed by atoms with Crippen LogP contribution in [0.15, 0.2) is 41.0 Å². The van der Waals surface area contributed by atoms with Crippen molar-refractivity contribution in [3.63, 3.8) is 0 Å². The summed E-state index contributed by atoms with van der Waals surface area (Å²) in [5.41, 5.74) is 2.51. The largest absolute Gasteiger partial charge is 0.309 e. The number of hydrogen-bond acceptors (Lipinski definition) is 2. The van der Waals surface area contributed by atoms with Crippen LogP contribution in [0.25, 0.3) is 0 Å². The van der Waals surface area contributed by atoms with E-state index in [0.29, 0.717) is 5.56 Å². The monoisotopic (exact) mass is 308 g/mol. The zero-order valence-corrected chi connectivity index (χ0v) is 11.8. The molecule has 1 unspecified atom stereocenters. The van der Waals surface area contributed by atoms with Crippen LogP contribution in [0.5, 0.6) is 0 Å². The zero-order valence-electron chi connectivity index (χ0n) is 10.2. The number of aryl methyl sites for hydroxylation is 1. The maximum atomic E-state index is 14.0. The van der Waals surface area contributed by atoms with Crippen molar-refractivity contribution in [2.45, 2.75) is 13.0 Å². The summed E-state index contributed by atoms with van der Waals surface area (Å²) in [5.74, 6) is -0.232. The summed E-state index contributed by atoms with van der Waals surface area (Å²) in [5, 5.41) is 3.12. The van der Waals surface area contributed by atoms with E-state index in [0.717, 1.165) is 15.7 Å². The molecule has 2 aromatic rings. The standard InChI is InChI=1S/C14H14BrFN2/c1-9-3-4-10(8-18-9)14(17-2)12-6-5-11(15)7-13(12)16/h3-8,14,17H,1-2H3. The van der Waals surface area contributed by atoms with E-state index in [-0.39, 0.29) is 11.9 Å². The molecule has 0 aliphatic carbocycles. The van der Waals surface area contributed by atoms with Crippen molar-refractivity contribution in [3.05, 3.63) is 63.6 Å². The number of pyridine rings is 1. The van der Waals surface area contributed by atoms with Gasteiger partial charge < -0.3 is 5.32 Å². The average molecular weight is 309 g/mol. The van der Waals surface area contributed by atoms with Crippen molar-refractivity contribution < 1.29 is 4.39 Å². The molecule has 2 nitrogen and oxygen atoms in total. The number of benzene rings is 1. The van der Waals surface area contributed by atoms with Crippen molar-refractivity contribution in [1.29, 1.82) is 0 Å². The second-order valence-electron chi connectivity index (χ2n) is 4.12. The van der Waals surface area contributed by atoms with E-state index in [4.69, 9.17) is 0 Å². The van der Waals surface area contributed by atoms with Gasteiger partial charge in [-0.05, 0) is 37.7 Å². The van der Waals surface area contributed by atoms with Crippen molar-refractivity contribution in [2.24, 2.45) is 0 Å². The molecule has 0 saturated heterocycles. The minimum absolute atomic E-state index is 0.189. The minimum Gasteiger partial charge on any atom is -0.309 e. The summed E-state index contributed by atoms with van der Waals surface area (Å²) in [7, 11) is 1.81. The highest BCUT2D eigenvalue weighted by atomic mass is 79.9. The first-order valence-electron chi connectivity index (χ1n) is 5.66. The molecule has 1 N–H and O–H groups in total. The van der Waals surface area contributed by atoms with Crippen molar-refractivity contribution in [1.82, 2.24) is 10.3 Å². The van der Waals surface area contributed by atoms with Crippen LogP contribution >= 0.6 is 15.9 Å². The molecule has 0 fully saturated rings. The van der Waals surface area contributed by atoms with Gasteiger partial charge in [0.1, 0.15) is 5.82 Å². The van der Waals surface area contributed by atoms with Gasteiger partial charge in [-0.1, -0.05) is 28.1 Å². The Labute approximate surface area is 114 Å². The Morgan fingerprint density at radius 2 is 2.06 bits per heavy atom. The first kappa shape index (κ1) is 13.2. The number of aromatic nitrogens is 1. The van der Waals surface area contributed by atoms with Gasteiger partial charge >= 0.3 is 0 Å². The summed E-state index contributed by atoms with van der Waals surface area (Å²) < 4.78 is 14.7. The summed E-state index contributed by atoms with van der Waals surface area (Å²) in [4.78, 5) is 4.25. The molecule has 0 saturated carbocycles. The number of nitrogens with zero attached hydrogens (tertiary/aromatic N) is 1. The fourth-order valence-corrected chi connectivity index (χ4v) is 2.22. The van der Waals surface area contributed by atoms with Gasteiger partial charge in [-0.25, -0.2) is 4.39 Å². The van der Waals surface area contributed by atoms with Gasteiger partial charge in [-0.15, -0.1) is 0 Å². The lowest BCUT2D eigenvalue weighted by molar-refractivity contribution is 0.574. The highest BCUT2D eigenvalue weighted by Crippen LogP contribution is 2.25. The summed E-state index contributed by atoms with van der Waals surface area (Å²) in [6.07, 6.45) is 1.78. The minimum atomic E-state index is -0.232. The maximum absolute atomic E-state index is 14.0. The predicted molar refractivity (Wildman–Crippen MR) is 74.0 cm³/mol. The van der Waals surface area contributed by atoms with Gasteiger partial charge in [0, 0.05) is 21.9 Å². The third-order valence-corrected chi connectivity index (χ3v) is 3.32. The molecule has 0 bridgehead atoms. The Kier molecular flexibility index (Phi) is 4.09. The molecule has 0 spiro atoms. The Balaban J connectivity index is 2.41. The molecule has 1 atom stereocenters. The van der Waals surface area contributed by atoms with Gasteiger partial charge in [0.2, 0.25) is 0 Å². The SMILES string of the molecule is CNC(c1ccc(C)nc1)c1ccc(Br)cc1F. The van der Waals surface area contributed by atoms with Gasteiger partial charge in [0.25, 0.3) is 0 Å². The molecule has 0 amide bonds. The van der Waals surface area contributed by atoms with Crippen LogP contribution in [0, 0.1) is 12.7 Å². The Morgan fingerprint density at radius 1 is 1.28 bits per heavy atom. The van der Waals surface area contributed by atoms with Crippen LogP contribution in [0.4, 0.5) is 4.39 Å². The smallest absolute Gasteiger partial charge is 0.129 e. The van der Waals surface area contributed by atoms with E-state index in [1.807, 2.05) is 32.2 Å². The van der Waals surface area contributed by atoms with Crippen molar-refractivity contribution in [3.8, 4) is 0 Å². The van der Waals surface area contributed by atoms with E-state index >= 15 is 0 Å². The second kappa shape index (κ2) is 5.59. The highest BCUT2D eigenvalue weighted by molar-refractivity contribution is 9.10. The normalized spacial score (nSPS) is 12.4. The van der Waals surface area contributed by atoms with Crippen LogP contribution in [-0.4, -0.2) is 12.0 Å². The summed E-state index contributed by atoms with van der Waals surface area (Å²) >= 11 is 3.26. The molecule has 0 aliphatic rings. The van der Waals surface area contributed by atoms with Gasteiger partial charge in [-0.2, -0.15) is 0 Å². The van der Waals surface area contributed by atoms with Crippen LogP contribution < -0.4 is 5.32 Å². The van der Waals surface area contributed by atoms with Crippen LogP contribution in [0.3, 0.4) is 0 Å². The molecule has 1 aromatic heterocycles. The second-order valence-corrected chi connectivity index (χ2v) is 5.04. The third-order valence-electron chi connectivity index (χ3n) is 2.83. The highest BCUT2D eigenvalue weighted by Gasteiger charge is 2.16. The molecule has 94 valence electrons. The lowest BCUT2D eigenvalue weighted by Gasteiger charge is -2.17. The quantitative estimate of drug-likeness (QED) is 0.937. The predicted octanol–water partition coefficient (Wildman–Crippen LogP) is 3.60. The lowest BCUT2D eigenvalue weighted by atomic mass is 10.00. The Bertz CT molecular complexity index is 540. The molecular weight excluding hydrogens is 295 g/mol. The number of nitrogens with one attached hydrogen (secondary N) is 1. The maximum Gasteiger partial charge on any atom is 0.129 e. The van der Waals surface area contributed by atoms with E-state index in [2.05, 4.69) is 26.2 Å². The Hall–Kier alpha value is -1.26. The summed E-state index contributed by atoms with van der Waals surface area (Å²) in [6.45, 7) is 1.93. The molecule has 0 aliphatic heterocycles. The molecule has 1 heterocycles. The van der Waals surface area contributed by atoms with Crippen LogP contribution in [0.2, 0.25) is 0 Å². The van der Waals surface area contributed by atoms with Crippen LogP contribution in [-0.2, 0) is 0 Å². The topological polar surface area (TPSA) is 24.9 Å². The Morgan fingerprint density at radius 3 is 2.61 bits per heavy atom. The van der Waals surface area contributed by atoms with E-state index < -0.39 is 0 Å².